The van der Waals surface area contributed by atoms with Crippen molar-refractivity contribution in [2.45, 2.75) is 37.6 Å². The van der Waals surface area contributed by atoms with Crippen LogP contribution in [0.25, 0.3) is 0 Å². The minimum absolute atomic E-state index is 0.147. The van der Waals surface area contributed by atoms with Crippen LogP contribution < -0.4 is 10.1 Å². The molecular formula is C14H18N2OS. The van der Waals surface area contributed by atoms with E-state index in [1.165, 1.54) is 12.0 Å². The summed E-state index contributed by atoms with van der Waals surface area (Å²) in [7, 11) is 0. The van der Waals surface area contributed by atoms with Crippen molar-refractivity contribution < 1.29 is 4.74 Å². The van der Waals surface area contributed by atoms with E-state index in [0.717, 1.165) is 10.9 Å². The summed E-state index contributed by atoms with van der Waals surface area (Å²) < 4.78 is 5.66. The lowest BCUT2D eigenvalue weighted by molar-refractivity contribution is 0.334. The number of fused-ring (bicyclic) bond motifs is 1. The zero-order valence-electron chi connectivity index (χ0n) is 10.7. The van der Waals surface area contributed by atoms with Crippen LogP contribution in [0.3, 0.4) is 0 Å². The Morgan fingerprint density at radius 2 is 2.17 bits per heavy atom. The molecule has 1 N–H and O–H groups in total. The van der Waals surface area contributed by atoms with Crippen LogP contribution in [0.1, 0.15) is 31.9 Å². The van der Waals surface area contributed by atoms with Gasteiger partial charge in [-0.2, -0.15) is 0 Å². The van der Waals surface area contributed by atoms with E-state index in [2.05, 4.69) is 25.2 Å². The second-order valence-electron chi connectivity index (χ2n) is 5.01. The SMILES string of the molecule is CC1CC(C)SC(=NC2COc3ccccc32)N1. The lowest BCUT2D eigenvalue weighted by Crippen LogP contribution is -2.38. The van der Waals surface area contributed by atoms with Gasteiger partial charge in [0.25, 0.3) is 0 Å². The van der Waals surface area contributed by atoms with Gasteiger partial charge in [-0.15, -0.1) is 0 Å². The molecule has 3 atom stereocenters. The number of ether oxygens (including phenoxy) is 1. The van der Waals surface area contributed by atoms with E-state index in [4.69, 9.17) is 9.73 Å². The third-order valence-electron chi connectivity index (χ3n) is 3.32. The highest BCUT2D eigenvalue weighted by atomic mass is 32.2. The van der Waals surface area contributed by atoms with Crippen molar-refractivity contribution in [3.8, 4) is 5.75 Å². The van der Waals surface area contributed by atoms with Gasteiger partial charge >= 0.3 is 0 Å². The highest BCUT2D eigenvalue weighted by Gasteiger charge is 2.26. The maximum Gasteiger partial charge on any atom is 0.157 e. The van der Waals surface area contributed by atoms with Crippen LogP contribution >= 0.6 is 11.8 Å². The van der Waals surface area contributed by atoms with Crippen LogP contribution in [0, 0.1) is 0 Å². The number of hydrogen-bond acceptors (Lipinski definition) is 3. The average molecular weight is 262 g/mol. The number of hydrogen-bond donors (Lipinski definition) is 1. The fourth-order valence-corrected chi connectivity index (χ4v) is 3.73. The Balaban J connectivity index is 1.81. The lowest BCUT2D eigenvalue weighted by atomic mass is 10.1. The van der Waals surface area contributed by atoms with Gasteiger partial charge in [-0.05, 0) is 19.4 Å². The second-order valence-corrected chi connectivity index (χ2v) is 6.44. The number of rotatable bonds is 1. The van der Waals surface area contributed by atoms with E-state index >= 15 is 0 Å². The number of nitrogens with one attached hydrogen (secondary N) is 1. The quantitative estimate of drug-likeness (QED) is 0.844. The van der Waals surface area contributed by atoms with E-state index in [9.17, 15) is 0 Å². The van der Waals surface area contributed by atoms with Crippen molar-refractivity contribution >= 4 is 16.9 Å². The van der Waals surface area contributed by atoms with Crippen LogP contribution in [0.2, 0.25) is 0 Å². The molecule has 2 aliphatic heterocycles. The monoisotopic (exact) mass is 262 g/mol. The van der Waals surface area contributed by atoms with Gasteiger partial charge in [0.1, 0.15) is 18.4 Å². The summed E-state index contributed by atoms with van der Waals surface area (Å²) in [4.78, 5) is 4.82. The summed E-state index contributed by atoms with van der Waals surface area (Å²) in [5.41, 5.74) is 1.21. The van der Waals surface area contributed by atoms with Crippen molar-refractivity contribution in [2.75, 3.05) is 6.61 Å². The predicted molar refractivity (Wildman–Crippen MR) is 76.4 cm³/mol. The molecule has 0 amide bonds. The van der Waals surface area contributed by atoms with Crippen molar-refractivity contribution in [3.63, 3.8) is 0 Å². The molecule has 0 radical (unpaired) electrons. The molecule has 0 bridgehead atoms. The van der Waals surface area contributed by atoms with Gasteiger partial charge in [-0.1, -0.05) is 36.9 Å². The zero-order valence-corrected chi connectivity index (χ0v) is 11.5. The Morgan fingerprint density at radius 3 is 3.00 bits per heavy atom. The van der Waals surface area contributed by atoms with Crippen molar-refractivity contribution in [2.24, 2.45) is 4.99 Å². The average Bonchev–Trinajstić information content (AvgIpc) is 2.72. The van der Waals surface area contributed by atoms with Gasteiger partial charge < -0.3 is 10.1 Å². The molecular weight excluding hydrogens is 244 g/mol. The summed E-state index contributed by atoms with van der Waals surface area (Å²) in [6, 6.07) is 8.84. The van der Waals surface area contributed by atoms with Crippen molar-refractivity contribution in [1.29, 1.82) is 0 Å². The van der Waals surface area contributed by atoms with E-state index < -0.39 is 0 Å². The molecule has 0 saturated carbocycles. The molecule has 2 heterocycles. The molecule has 0 aliphatic carbocycles. The van der Waals surface area contributed by atoms with E-state index in [1.54, 1.807) is 0 Å². The third-order valence-corrected chi connectivity index (χ3v) is 4.36. The second kappa shape index (κ2) is 4.84. The Kier molecular flexibility index (Phi) is 3.20. The Morgan fingerprint density at radius 1 is 1.33 bits per heavy atom. The topological polar surface area (TPSA) is 33.6 Å². The summed E-state index contributed by atoms with van der Waals surface area (Å²) >= 11 is 1.83. The Hall–Kier alpha value is -1.16. The molecule has 3 unspecified atom stereocenters. The standard InChI is InChI=1S/C14H18N2OS/c1-9-7-10(2)18-14(15-9)16-12-8-17-13-6-4-3-5-11(12)13/h3-6,9-10,12H,7-8H2,1-2H3,(H,15,16). The van der Waals surface area contributed by atoms with Gasteiger partial charge in [-0.25, -0.2) is 0 Å². The minimum atomic E-state index is 0.147. The molecule has 3 nitrogen and oxygen atoms in total. The number of nitrogens with zero attached hydrogens (tertiary/aromatic N) is 1. The predicted octanol–water partition coefficient (Wildman–Crippen LogP) is 2.98. The summed E-state index contributed by atoms with van der Waals surface area (Å²) in [5.74, 6) is 0.980. The van der Waals surface area contributed by atoms with E-state index in [0.29, 0.717) is 17.9 Å². The highest BCUT2D eigenvalue weighted by molar-refractivity contribution is 8.14. The summed E-state index contributed by atoms with van der Waals surface area (Å²) in [6.07, 6.45) is 1.20. The van der Waals surface area contributed by atoms with E-state index in [1.807, 2.05) is 30.0 Å². The molecule has 18 heavy (non-hydrogen) atoms. The van der Waals surface area contributed by atoms with Crippen LogP contribution in [-0.2, 0) is 0 Å². The lowest BCUT2D eigenvalue weighted by Gasteiger charge is -2.27. The van der Waals surface area contributed by atoms with Crippen LogP contribution in [0.5, 0.6) is 5.75 Å². The first-order valence-corrected chi connectivity index (χ1v) is 7.33. The highest BCUT2D eigenvalue weighted by Crippen LogP contribution is 2.35. The van der Waals surface area contributed by atoms with Crippen molar-refractivity contribution in [3.05, 3.63) is 29.8 Å². The fourth-order valence-electron chi connectivity index (χ4n) is 2.50. The first-order chi connectivity index (χ1) is 8.72. The number of para-hydroxylation sites is 1. The first kappa shape index (κ1) is 11.9. The molecule has 96 valence electrons. The number of benzene rings is 1. The number of amidine groups is 1. The first-order valence-electron chi connectivity index (χ1n) is 6.45. The zero-order chi connectivity index (χ0) is 12.5. The molecule has 2 aliphatic rings. The van der Waals surface area contributed by atoms with Crippen molar-refractivity contribution in [1.82, 2.24) is 5.32 Å². The fraction of sp³-hybridized carbons (Fsp3) is 0.500. The van der Waals surface area contributed by atoms with Gasteiger partial charge in [0.2, 0.25) is 0 Å². The summed E-state index contributed by atoms with van der Waals surface area (Å²) in [5, 5.41) is 5.16. The van der Waals surface area contributed by atoms with Gasteiger partial charge in [-0.3, -0.25) is 4.99 Å². The molecule has 1 fully saturated rings. The van der Waals surface area contributed by atoms with Crippen LogP contribution in [-0.4, -0.2) is 23.1 Å². The smallest absolute Gasteiger partial charge is 0.157 e. The molecule has 4 heteroatoms. The number of aliphatic imine (C=N–C) groups is 1. The molecule has 3 rings (SSSR count). The van der Waals surface area contributed by atoms with Crippen LogP contribution in [0.15, 0.2) is 29.3 Å². The van der Waals surface area contributed by atoms with Crippen LogP contribution in [0.4, 0.5) is 0 Å². The van der Waals surface area contributed by atoms with Gasteiger partial charge in [0, 0.05) is 16.9 Å². The van der Waals surface area contributed by atoms with Gasteiger partial charge in [0.15, 0.2) is 5.17 Å². The molecule has 0 spiro atoms. The third kappa shape index (κ3) is 2.34. The van der Waals surface area contributed by atoms with E-state index in [-0.39, 0.29) is 6.04 Å². The largest absolute Gasteiger partial charge is 0.491 e. The molecule has 1 aromatic carbocycles. The Labute approximate surface area is 112 Å². The molecule has 1 saturated heterocycles. The maximum atomic E-state index is 5.66. The maximum absolute atomic E-state index is 5.66. The minimum Gasteiger partial charge on any atom is -0.491 e. The Bertz CT molecular complexity index is 463. The normalized spacial score (nSPS) is 32.8. The number of thioether (sulfide) groups is 1. The molecule has 0 aromatic heterocycles. The van der Waals surface area contributed by atoms with Gasteiger partial charge in [0.05, 0.1) is 0 Å². The molecule has 1 aromatic rings. The summed E-state index contributed by atoms with van der Waals surface area (Å²) in [6.45, 7) is 5.13.